The maximum absolute atomic E-state index is 13.4. The number of Topliss-reactive ketones (excluding diaryl/α,β-unsaturated/α-hetero) is 1. The summed E-state index contributed by atoms with van der Waals surface area (Å²) in [5, 5.41) is 22.9. The number of rotatable bonds is 8. The number of ketones is 1. The molecular formula is C31H25N3O6. The Bertz CT molecular complexity index is 1620. The Labute approximate surface area is 230 Å². The number of nitro benzene ring substituents is 1. The molecule has 1 fully saturated rings. The third-order valence-corrected chi connectivity index (χ3v) is 6.70. The normalized spacial score (nSPS) is 16.2. The van der Waals surface area contributed by atoms with Gasteiger partial charge in [0.2, 0.25) is 0 Å². The molecule has 0 bridgehead atoms. The molecule has 40 heavy (non-hydrogen) atoms. The molecule has 0 unspecified atom stereocenters. The number of likely N-dealkylation sites (tertiary alicyclic amines) is 1. The number of aryl methyl sites for hydroxylation is 1. The molecule has 1 atom stereocenters. The lowest BCUT2D eigenvalue weighted by molar-refractivity contribution is -0.384. The van der Waals surface area contributed by atoms with Crippen molar-refractivity contribution >= 4 is 23.1 Å². The molecule has 1 aliphatic rings. The monoisotopic (exact) mass is 535 g/mol. The summed E-state index contributed by atoms with van der Waals surface area (Å²) < 4.78 is 5.93. The average Bonchev–Trinajstić information content (AvgIpc) is 3.22. The minimum atomic E-state index is -1.05. The summed E-state index contributed by atoms with van der Waals surface area (Å²) in [6, 6.07) is 22.8. The van der Waals surface area contributed by atoms with Gasteiger partial charge in [0, 0.05) is 36.6 Å². The van der Waals surface area contributed by atoms with Crippen molar-refractivity contribution in [3.05, 3.63) is 141 Å². The molecule has 1 aromatic heterocycles. The number of aromatic nitrogens is 1. The van der Waals surface area contributed by atoms with Crippen LogP contribution in [0.15, 0.2) is 103 Å². The SMILES string of the molecule is Cc1cc(/C(O)=C2\C(=O)C(=O)N(Cc3cccnc3)[C@H]2c2cccc([N+](=O)[O-])c2)ccc1OCc1ccccc1. The van der Waals surface area contributed by atoms with Crippen molar-refractivity contribution in [2.24, 2.45) is 0 Å². The number of pyridine rings is 1. The first-order valence-corrected chi connectivity index (χ1v) is 12.5. The zero-order chi connectivity index (χ0) is 28.2. The van der Waals surface area contributed by atoms with Gasteiger partial charge in [0.15, 0.2) is 0 Å². The summed E-state index contributed by atoms with van der Waals surface area (Å²) in [6.45, 7) is 2.20. The van der Waals surface area contributed by atoms with Crippen molar-refractivity contribution in [2.75, 3.05) is 0 Å². The van der Waals surface area contributed by atoms with Crippen LogP contribution >= 0.6 is 0 Å². The summed E-state index contributed by atoms with van der Waals surface area (Å²) in [7, 11) is 0. The van der Waals surface area contributed by atoms with Gasteiger partial charge in [-0.05, 0) is 53.4 Å². The van der Waals surface area contributed by atoms with Crippen LogP contribution < -0.4 is 4.74 Å². The number of hydrogen-bond donors (Lipinski definition) is 1. The number of aliphatic hydroxyl groups excluding tert-OH is 1. The molecule has 5 rings (SSSR count). The smallest absolute Gasteiger partial charge is 0.295 e. The van der Waals surface area contributed by atoms with Crippen LogP contribution in [0.4, 0.5) is 5.69 Å². The van der Waals surface area contributed by atoms with Crippen LogP contribution in [0.25, 0.3) is 5.76 Å². The zero-order valence-corrected chi connectivity index (χ0v) is 21.6. The summed E-state index contributed by atoms with van der Waals surface area (Å²) >= 11 is 0. The first-order valence-electron chi connectivity index (χ1n) is 12.5. The maximum Gasteiger partial charge on any atom is 0.295 e. The number of hydrogen-bond acceptors (Lipinski definition) is 7. The molecule has 0 saturated carbocycles. The largest absolute Gasteiger partial charge is 0.507 e. The van der Waals surface area contributed by atoms with E-state index in [0.29, 0.717) is 29.0 Å². The van der Waals surface area contributed by atoms with E-state index in [2.05, 4.69) is 4.98 Å². The molecular weight excluding hydrogens is 510 g/mol. The van der Waals surface area contributed by atoms with Crippen molar-refractivity contribution in [3.63, 3.8) is 0 Å². The quantitative estimate of drug-likeness (QED) is 0.104. The van der Waals surface area contributed by atoms with Crippen LogP contribution in [0.3, 0.4) is 0 Å². The van der Waals surface area contributed by atoms with Crippen molar-refractivity contribution in [2.45, 2.75) is 26.1 Å². The number of ether oxygens (including phenoxy) is 1. The van der Waals surface area contributed by atoms with E-state index in [-0.39, 0.29) is 23.6 Å². The fraction of sp³-hybridized carbons (Fsp3) is 0.129. The lowest BCUT2D eigenvalue weighted by atomic mass is 9.94. The number of carbonyl (C=O) groups is 2. The third kappa shape index (κ3) is 5.30. The van der Waals surface area contributed by atoms with E-state index in [1.807, 2.05) is 37.3 Å². The molecule has 3 aromatic carbocycles. The number of non-ortho nitro benzene ring substituents is 1. The van der Waals surface area contributed by atoms with Crippen LogP contribution in [-0.4, -0.2) is 31.6 Å². The van der Waals surface area contributed by atoms with Gasteiger partial charge >= 0.3 is 0 Å². The Kier molecular flexibility index (Phi) is 7.37. The lowest BCUT2D eigenvalue weighted by Crippen LogP contribution is -2.29. The minimum absolute atomic E-state index is 0.0217. The van der Waals surface area contributed by atoms with E-state index in [4.69, 9.17) is 4.74 Å². The summed E-state index contributed by atoms with van der Waals surface area (Å²) in [5.41, 5.74) is 2.69. The van der Waals surface area contributed by atoms with Crippen LogP contribution in [0, 0.1) is 17.0 Å². The Morgan fingerprint density at radius 3 is 2.48 bits per heavy atom. The number of carbonyl (C=O) groups excluding carboxylic acids is 2. The van der Waals surface area contributed by atoms with E-state index >= 15 is 0 Å². The molecule has 4 aromatic rings. The Morgan fingerprint density at radius 1 is 1.00 bits per heavy atom. The first kappa shape index (κ1) is 26.3. The molecule has 0 aliphatic carbocycles. The average molecular weight is 536 g/mol. The van der Waals surface area contributed by atoms with Crippen LogP contribution in [0.1, 0.15) is 33.9 Å². The standard InChI is InChI=1S/C31H25N3O6/c1-20-15-24(12-13-26(20)40-19-21-7-3-2-4-8-21)29(35)27-28(23-10-5-11-25(16-23)34(38)39)33(31(37)30(27)36)18-22-9-6-14-32-17-22/h2-17,28,35H,18-19H2,1H3/b29-27+/t28-/m0/s1. The minimum Gasteiger partial charge on any atom is -0.507 e. The molecule has 0 spiro atoms. The summed E-state index contributed by atoms with van der Waals surface area (Å²) in [5.74, 6) is -1.46. The van der Waals surface area contributed by atoms with Gasteiger partial charge in [-0.1, -0.05) is 48.5 Å². The van der Waals surface area contributed by atoms with Gasteiger partial charge in [0.25, 0.3) is 17.4 Å². The topological polar surface area (TPSA) is 123 Å². The summed E-state index contributed by atoms with van der Waals surface area (Å²) in [4.78, 5) is 42.9. The van der Waals surface area contributed by atoms with E-state index < -0.39 is 22.7 Å². The fourth-order valence-electron chi connectivity index (χ4n) is 4.74. The lowest BCUT2D eigenvalue weighted by Gasteiger charge is -2.25. The summed E-state index contributed by atoms with van der Waals surface area (Å²) in [6.07, 6.45) is 3.16. The highest BCUT2D eigenvalue weighted by atomic mass is 16.6. The second-order valence-corrected chi connectivity index (χ2v) is 9.39. The molecule has 2 heterocycles. The van der Waals surface area contributed by atoms with Crippen LogP contribution in [0.2, 0.25) is 0 Å². The molecule has 200 valence electrons. The number of nitrogens with zero attached hydrogens (tertiary/aromatic N) is 3. The van der Waals surface area contributed by atoms with E-state index in [0.717, 1.165) is 11.1 Å². The zero-order valence-electron chi connectivity index (χ0n) is 21.6. The van der Waals surface area contributed by atoms with Crippen LogP contribution in [0.5, 0.6) is 5.75 Å². The first-order chi connectivity index (χ1) is 19.3. The predicted octanol–water partition coefficient (Wildman–Crippen LogP) is 5.50. The van der Waals surface area contributed by atoms with Gasteiger partial charge in [-0.3, -0.25) is 24.7 Å². The molecule has 0 radical (unpaired) electrons. The van der Waals surface area contributed by atoms with E-state index in [9.17, 15) is 24.8 Å². The Morgan fingerprint density at radius 2 is 1.77 bits per heavy atom. The molecule has 9 nitrogen and oxygen atoms in total. The molecule has 1 N–H and O–H groups in total. The Hall–Kier alpha value is -5.31. The highest BCUT2D eigenvalue weighted by molar-refractivity contribution is 6.46. The van der Waals surface area contributed by atoms with Gasteiger partial charge < -0.3 is 14.7 Å². The van der Waals surface area contributed by atoms with Gasteiger partial charge in [-0.25, -0.2) is 0 Å². The van der Waals surface area contributed by atoms with Crippen LogP contribution in [-0.2, 0) is 22.7 Å². The number of aliphatic hydroxyl groups is 1. The van der Waals surface area contributed by atoms with Gasteiger partial charge in [0.1, 0.15) is 18.1 Å². The van der Waals surface area contributed by atoms with Gasteiger partial charge in [-0.2, -0.15) is 0 Å². The van der Waals surface area contributed by atoms with Gasteiger partial charge in [0.05, 0.1) is 16.5 Å². The molecule has 1 amide bonds. The Balaban J connectivity index is 1.55. The second-order valence-electron chi connectivity index (χ2n) is 9.39. The maximum atomic E-state index is 13.4. The van der Waals surface area contributed by atoms with E-state index in [1.165, 1.54) is 23.1 Å². The number of amides is 1. The van der Waals surface area contributed by atoms with Gasteiger partial charge in [-0.15, -0.1) is 0 Å². The predicted molar refractivity (Wildman–Crippen MR) is 147 cm³/mol. The highest BCUT2D eigenvalue weighted by Crippen LogP contribution is 2.41. The van der Waals surface area contributed by atoms with Crippen molar-refractivity contribution in [3.8, 4) is 5.75 Å². The fourth-order valence-corrected chi connectivity index (χ4v) is 4.74. The van der Waals surface area contributed by atoms with E-state index in [1.54, 1.807) is 48.8 Å². The number of nitro groups is 1. The molecule has 1 saturated heterocycles. The van der Waals surface area contributed by atoms with Crippen molar-refractivity contribution < 1.29 is 24.4 Å². The number of benzene rings is 3. The molecule has 9 heteroatoms. The third-order valence-electron chi connectivity index (χ3n) is 6.70. The highest BCUT2D eigenvalue weighted by Gasteiger charge is 2.46. The van der Waals surface area contributed by atoms with Crippen molar-refractivity contribution in [1.82, 2.24) is 9.88 Å². The second kappa shape index (κ2) is 11.2. The van der Waals surface area contributed by atoms with Crippen molar-refractivity contribution in [1.29, 1.82) is 0 Å². The molecule has 1 aliphatic heterocycles.